The fraction of sp³-hybridized carbons (Fsp3) is 0.529. The third-order valence-electron chi connectivity index (χ3n) is 3.47. The van der Waals surface area contributed by atoms with Gasteiger partial charge in [0.1, 0.15) is 11.8 Å². The van der Waals surface area contributed by atoms with Crippen LogP contribution in [0.1, 0.15) is 32.4 Å². The van der Waals surface area contributed by atoms with Gasteiger partial charge in [-0.1, -0.05) is 26.0 Å². The van der Waals surface area contributed by atoms with E-state index in [9.17, 15) is 27.9 Å². The maximum atomic E-state index is 12.2. The molecule has 3 N–H and O–H groups in total. The number of alkyl halides is 3. The summed E-state index contributed by atoms with van der Waals surface area (Å²) in [5, 5.41) is 15.0. The monoisotopic (exact) mass is 392 g/mol. The second-order valence-corrected chi connectivity index (χ2v) is 5.96. The number of rotatable bonds is 8. The summed E-state index contributed by atoms with van der Waals surface area (Å²) in [6, 6.07) is 3.78. The fourth-order valence-corrected chi connectivity index (χ4v) is 2.15. The molecular formula is C17H23F3N2O5. The number of ether oxygens (including phenoxy) is 2. The molecule has 7 nitrogen and oxygen atoms in total. The summed E-state index contributed by atoms with van der Waals surface area (Å²) in [7, 11) is 0. The number of carbonyl (C=O) groups is 2. The van der Waals surface area contributed by atoms with Crippen LogP contribution in [-0.4, -0.2) is 42.7 Å². The highest BCUT2D eigenvalue weighted by Gasteiger charge is 2.31. The highest BCUT2D eigenvalue weighted by atomic mass is 19.4. The number of hydrogen-bond acceptors (Lipinski definition) is 5. The Morgan fingerprint density at radius 2 is 1.78 bits per heavy atom. The number of amides is 2. The Bertz CT molecular complexity index is 620. The maximum absolute atomic E-state index is 12.2. The van der Waals surface area contributed by atoms with Crippen LogP contribution in [0.25, 0.3) is 0 Å². The van der Waals surface area contributed by atoms with Crippen LogP contribution in [0.3, 0.4) is 0 Å². The predicted molar refractivity (Wildman–Crippen MR) is 89.9 cm³/mol. The first-order chi connectivity index (χ1) is 12.5. The first kappa shape index (κ1) is 22.6. The first-order valence-electron chi connectivity index (χ1n) is 8.28. The molecule has 0 spiro atoms. The molecular weight excluding hydrogens is 369 g/mol. The van der Waals surface area contributed by atoms with Gasteiger partial charge in [0, 0.05) is 6.54 Å². The number of hydrogen-bond donors (Lipinski definition) is 3. The molecule has 27 heavy (non-hydrogen) atoms. The van der Waals surface area contributed by atoms with Gasteiger partial charge in [-0.15, -0.1) is 13.2 Å². The van der Waals surface area contributed by atoms with Crippen LogP contribution in [0.15, 0.2) is 24.3 Å². The van der Waals surface area contributed by atoms with E-state index >= 15 is 0 Å². The predicted octanol–water partition coefficient (Wildman–Crippen LogP) is 2.51. The smallest absolute Gasteiger partial charge is 0.450 e. The Morgan fingerprint density at radius 3 is 2.26 bits per heavy atom. The molecule has 0 aliphatic carbocycles. The summed E-state index contributed by atoms with van der Waals surface area (Å²) < 4.78 is 44.9. The van der Waals surface area contributed by atoms with Crippen LogP contribution in [0.2, 0.25) is 0 Å². The Balaban J connectivity index is 2.61. The fourth-order valence-electron chi connectivity index (χ4n) is 2.15. The zero-order chi connectivity index (χ0) is 20.6. The summed E-state index contributed by atoms with van der Waals surface area (Å²) in [6.07, 6.45) is -6.68. The lowest BCUT2D eigenvalue weighted by Gasteiger charge is -2.22. The molecule has 0 aromatic heterocycles. The van der Waals surface area contributed by atoms with Crippen molar-refractivity contribution in [1.29, 1.82) is 0 Å². The van der Waals surface area contributed by atoms with Crippen LogP contribution in [0.5, 0.6) is 5.75 Å². The first-order valence-corrected chi connectivity index (χ1v) is 8.28. The van der Waals surface area contributed by atoms with Gasteiger partial charge in [-0.2, -0.15) is 0 Å². The lowest BCUT2D eigenvalue weighted by molar-refractivity contribution is -0.274. The van der Waals surface area contributed by atoms with E-state index in [2.05, 4.69) is 15.4 Å². The van der Waals surface area contributed by atoms with Gasteiger partial charge < -0.3 is 25.2 Å². The van der Waals surface area contributed by atoms with Crippen molar-refractivity contribution in [3.8, 4) is 5.75 Å². The average Bonchev–Trinajstić information content (AvgIpc) is 2.56. The number of nitrogens with one attached hydrogen (secondary N) is 2. The normalized spacial score (nSPS) is 13.6. The van der Waals surface area contributed by atoms with Crippen molar-refractivity contribution < 1.29 is 37.3 Å². The quantitative estimate of drug-likeness (QED) is 0.632. The number of carbonyl (C=O) groups excluding carboxylic acids is 2. The van der Waals surface area contributed by atoms with E-state index in [0.717, 1.165) is 12.1 Å². The maximum Gasteiger partial charge on any atom is 0.573 e. The van der Waals surface area contributed by atoms with Gasteiger partial charge in [-0.3, -0.25) is 4.79 Å². The van der Waals surface area contributed by atoms with Crippen molar-refractivity contribution >= 4 is 12.0 Å². The Kier molecular flexibility index (Phi) is 8.35. The molecule has 0 fully saturated rings. The summed E-state index contributed by atoms with van der Waals surface area (Å²) >= 11 is 0. The summed E-state index contributed by atoms with van der Waals surface area (Å²) in [6.45, 7) is 5.06. The highest BCUT2D eigenvalue weighted by Crippen LogP contribution is 2.24. The lowest BCUT2D eigenvalue weighted by atomic mass is 10.0. The molecule has 2 unspecified atom stereocenters. The SMILES string of the molecule is CCOC(=O)NC(C(=O)NCC(O)c1ccc(OC(F)(F)F)cc1)C(C)C. The molecule has 0 aliphatic rings. The minimum absolute atomic E-state index is 0.158. The molecule has 0 radical (unpaired) electrons. The van der Waals surface area contributed by atoms with Crippen LogP contribution in [0.4, 0.5) is 18.0 Å². The molecule has 0 saturated carbocycles. The third-order valence-corrected chi connectivity index (χ3v) is 3.47. The van der Waals surface area contributed by atoms with Crippen LogP contribution in [0, 0.1) is 5.92 Å². The van der Waals surface area contributed by atoms with Crippen molar-refractivity contribution in [2.75, 3.05) is 13.2 Å². The van der Waals surface area contributed by atoms with E-state index in [4.69, 9.17) is 4.74 Å². The van der Waals surface area contributed by atoms with Crippen LogP contribution in [-0.2, 0) is 9.53 Å². The third kappa shape index (κ3) is 8.16. The van der Waals surface area contributed by atoms with Crippen molar-refractivity contribution in [2.45, 2.75) is 39.3 Å². The summed E-state index contributed by atoms with van der Waals surface area (Å²) in [5.74, 6) is -1.17. The van der Waals surface area contributed by atoms with Crippen molar-refractivity contribution in [1.82, 2.24) is 10.6 Å². The molecule has 0 aliphatic heterocycles. The van der Waals surface area contributed by atoms with Crippen molar-refractivity contribution in [2.24, 2.45) is 5.92 Å². The van der Waals surface area contributed by atoms with Gasteiger partial charge in [0.25, 0.3) is 0 Å². The van der Waals surface area contributed by atoms with E-state index in [-0.39, 0.29) is 19.1 Å². The van der Waals surface area contributed by atoms with Crippen LogP contribution >= 0.6 is 0 Å². The molecule has 152 valence electrons. The molecule has 10 heteroatoms. The largest absolute Gasteiger partial charge is 0.573 e. The molecule has 1 aromatic rings. The zero-order valence-corrected chi connectivity index (χ0v) is 15.2. The average molecular weight is 392 g/mol. The second kappa shape index (κ2) is 10.0. The van der Waals surface area contributed by atoms with E-state index in [1.54, 1.807) is 20.8 Å². The Morgan fingerprint density at radius 1 is 1.19 bits per heavy atom. The summed E-state index contributed by atoms with van der Waals surface area (Å²) in [5.41, 5.74) is 0.296. The van der Waals surface area contributed by atoms with E-state index < -0.39 is 36.3 Å². The van der Waals surface area contributed by atoms with Gasteiger partial charge in [-0.05, 0) is 30.5 Å². The number of benzene rings is 1. The van der Waals surface area contributed by atoms with Crippen LogP contribution < -0.4 is 15.4 Å². The lowest BCUT2D eigenvalue weighted by Crippen LogP contribution is -2.50. The van der Waals surface area contributed by atoms with E-state index in [0.29, 0.717) is 5.56 Å². The Labute approximate surface area is 154 Å². The van der Waals surface area contributed by atoms with E-state index in [1.807, 2.05) is 0 Å². The second-order valence-electron chi connectivity index (χ2n) is 5.96. The van der Waals surface area contributed by atoms with Crippen molar-refractivity contribution in [3.63, 3.8) is 0 Å². The molecule has 2 amide bonds. The van der Waals surface area contributed by atoms with Gasteiger partial charge in [0.15, 0.2) is 0 Å². The topological polar surface area (TPSA) is 96.9 Å². The van der Waals surface area contributed by atoms with Gasteiger partial charge >= 0.3 is 12.5 Å². The standard InChI is InChI=1S/C17H23F3N2O5/c1-4-26-16(25)22-14(10(2)3)15(24)21-9-13(23)11-5-7-12(8-6-11)27-17(18,19)20/h5-8,10,13-14,23H,4,9H2,1-3H3,(H,21,24)(H,22,25). The molecule has 0 heterocycles. The number of halogens is 3. The molecule has 2 atom stereocenters. The van der Waals surface area contributed by atoms with Gasteiger partial charge in [0.2, 0.25) is 5.91 Å². The highest BCUT2D eigenvalue weighted by molar-refractivity contribution is 5.85. The Hall–Kier alpha value is -2.49. The summed E-state index contributed by atoms with van der Waals surface area (Å²) in [4.78, 5) is 23.7. The van der Waals surface area contributed by atoms with Crippen molar-refractivity contribution in [3.05, 3.63) is 29.8 Å². The van der Waals surface area contributed by atoms with E-state index in [1.165, 1.54) is 12.1 Å². The number of aliphatic hydroxyl groups excluding tert-OH is 1. The van der Waals surface area contributed by atoms with Gasteiger partial charge in [0.05, 0.1) is 12.7 Å². The zero-order valence-electron chi connectivity index (χ0n) is 15.2. The molecule has 0 bridgehead atoms. The number of aliphatic hydroxyl groups is 1. The van der Waals surface area contributed by atoms with Gasteiger partial charge in [-0.25, -0.2) is 4.79 Å². The minimum Gasteiger partial charge on any atom is -0.450 e. The molecule has 1 aromatic carbocycles. The molecule has 0 saturated heterocycles. The minimum atomic E-state index is -4.80. The number of alkyl carbamates (subject to hydrolysis) is 1. The molecule has 1 rings (SSSR count).